The number of nitrogens with zero attached hydrogens (tertiary/aromatic N) is 1. The molecule has 0 radical (unpaired) electrons. The van der Waals surface area contributed by atoms with Gasteiger partial charge in [-0.15, -0.1) is 0 Å². The predicted molar refractivity (Wildman–Crippen MR) is 68.7 cm³/mol. The number of carbonyl (C=O) groups is 1. The molecule has 0 unspecified atom stereocenters. The van der Waals surface area contributed by atoms with E-state index < -0.39 is 33.6 Å². The summed E-state index contributed by atoms with van der Waals surface area (Å²) in [4.78, 5) is 10.6. The quantitative estimate of drug-likeness (QED) is 0.900. The molecule has 9 heteroatoms. The zero-order valence-corrected chi connectivity index (χ0v) is 12.1. The molecule has 0 aliphatic rings. The molecule has 0 bridgehead atoms. The summed E-state index contributed by atoms with van der Waals surface area (Å²) >= 11 is 0. The molecular formula is C12H14F3NO4S. The van der Waals surface area contributed by atoms with E-state index in [-0.39, 0.29) is 9.87 Å². The molecule has 0 fully saturated rings. The second kappa shape index (κ2) is 6.02. The van der Waals surface area contributed by atoms with Crippen LogP contribution in [0.15, 0.2) is 23.1 Å². The number of aromatic carboxylic acids is 1. The van der Waals surface area contributed by atoms with Crippen LogP contribution in [0.1, 0.15) is 22.8 Å². The van der Waals surface area contributed by atoms with E-state index in [1.54, 1.807) is 6.92 Å². The normalized spacial score (nSPS) is 12.7. The van der Waals surface area contributed by atoms with Crippen molar-refractivity contribution in [3.05, 3.63) is 29.3 Å². The first-order valence-electron chi connectivity index (χ1n) is 5.88. The summed E-state index contributed by atoms with van der Waals surface area (Å²) < 4.78 is 61.0. The van der Waals surface area contributed by atoms with Crippen molar-refractivity contribution in [2.24, 2.45) is 0 Å². The minimum Gasteiger partial charge on any atom is -0.478 e. The Kier molecular flexibility index (Phi) is 5.00. The minimum absolute atomic E-state index is 0.138. The molecule has 0 aromatic heterocycles. The van der Waals surface area contributed by atoms with Crippen LogP contribution in [0.3, 0.4) is 0 Å². The first-order valence-corrected chi connectivity index (χ1v) is 7.32. The number of hydrogen-bond acceptors (Lipinski definition) is 3. The van der Waals surface area contributed by atoms with Crippen molar-refractivity contribution in [3.8, 4) is 0 Å². The number of alkyl halides is 3. The van der Waals surface area contributed by atoms with E-state index in [9.17, 15) is 26.4 Å². The van der Waals surface area contributed by atoms with Crippen LogP contribution in [0, 0.1) is 0 Å². The lowest BCUT2D eigenvalue weighted by Gasteiger charge is -2.19. The number of benzene rings is 1. The maximum Gasteiger partial charge on any atom is 0.402 e. The molecule has 0 saturated carbocycles. The average molecular weight is 325 g/mol. The highest BCUT2D eigenvalue weighted by atomic mass is 32.2. The summed E-state index contributed by atoms with van der Waals surface area (Å²) in [7, 11) is -3.61. The van der Waals surface area contributed by atoms with Crippen LogP contribution in [-0.4, -0.2) is 43.6 Å². The third kappa shape index (κ3) is 4.18. The Labute approximate surface area is 120 Å². The summed E-state index contributed by atoms with van der Waals surface area (Å²) in [6, 6.07) is 3.27. The largest absolute Gasteiger partial charge is 0.478 e. The molecule has 21 heavy (non-hydrogen) atoms. The molecule has 5 nitrogen and oxygen atoms in total. The van der Waals surface area contributed by atoms with Crippen molar-refractivity contribution in [3.63, 3.8) is 0 Å². The number of rotatable bonds is 5. The molecule has 118 valence electrons. The minimum atomic E-state index is -4.68. The van der Waals surface area contributed by atoms with Crippen LogP contribution in [-0.2, 0) is 16.4 Å². The van der Waals surface area contributed by atoms with E-state index in [1.165, 1.54) is 6.07 Å². The number of aryl methyl sites for hydroxylation is 1. The fourth-order valence-corrected chi connectivity index (χ4v) is 2.92. The Morgan fingerprint density at radius 2 is 1.90 bits per heavy atom. The Morgan fingerprint density at radius 3 is 2.33 bits per heavy atom. The van der Waals surface area contributed by atoms with Gasteiger partial charge in [-0.1, -0.05) is 13.0 Å². The van der Waals surface area contributed by atoms with Gasteiger partial charge in [0.2, 0.25) is 10.0 Å². The zero-order valence-electron chi connectivity index (χ0n) is 11.3. The van der Waals surface area contributed by atoms with Crippen LogP contribution >= 0.6 is 0 Å². The van der Waals surface area contributed by atoms with Crippen LogP contribution < -0.4 is 0 Å². The topological polar surface area (TPSA) is 74.7 Å². The van der Waals surface area contributed by atoms with E-state index in [0.717, 1.165) is 19.2 Å². The van der Waals surface area contributed by atoms with Gasteiger partial charge < -0.3 is 5.11 Å². The highest BCUT2D eigenvalue weighted by molar-refractivity contribution is 7.89. The molecule has 0 aliphatic heterocycles. The zero-order chi connectivity index (χ0) is 16.4. The third-order valence-corrected chi connectivity index (χ3v) is 4.60. The molecule has 0 spiro atoms. The van der Waals surface area contributed by atoms with Gasteiger partial charge in [0.15, 0.2) is 0 Å². The SMILES string of the molecule is CCc1ccc(S(=O)(=O)N(C)CC(F)(F)F)cc1C(=O)O. The van der Waals surface area contributed by atoms with Crippen LogP contribution in [0.4, 0.5) is 13.2 Å². The molecule has 0 aliphatic carbocycles. The maximum atomic E-state index is 12.3. The molecule has 0 amide bonds. The lowest BCUT2D eigenvalue weighted by atomic mass is 10.1. The van der Waals surface area contributed by atoms with Crippen molar-refractivity contribution in [2.75, 3.05) is 13.6 Å². The Balaban J connectivity index is 3.26. The van der Waals surface area contributed by atoms with Crippen LogP contribution in [0.25, 0.3) is 0 Å². The summed E-state index contributed by atoms with van der Waals surface area (Å²) in [6.07, 6.45) is -4.32. The van der Waals surface area contributed by atoms with Gasteiger partial charge in [-0.2, -0.15) is 17.5 Å². The molecular weight excluding hydrogens is 311 g/mol. The number of carboxylic acids is 1. The predicted octanol–water partition coefficient (Wildman–Crippen LogP) is 2.13. The van der Waals surface area contributed by atoms with E-state index in [0.29, 0.717) is 12.0 Å². The highest BCUT2D eigenvalue weighted by Crippen LogP contribution is 2.23. The van der Waals surface area contributed by atoms with E-state index >= 15 is 0 Å². The lowest BCUT2D eigenvalue weighted by Crippen LogP contribution is -2.35. The summed E-state index contributed by atoms with van der Waals surface area (Å²) in [5.74, 6) is -1.33. The van der Waals surface area contributed by atoms with Gasteiger partial charge in [0.05, 0.1) is 10.5 Å². The molecule has 1 aromatic rings. The van der Waals surface area contributed by atoms with Gasteiger partial charge >= 0.3 is 12.1 Å². The molecule has 0 atom stereocenters. The third-order valence-electron chi connectivity index (χ3n) is 2.80. The Morgan fingerprint density at radius 1 is 1.33 bits per heavy atom. The Hall–Kier alpha value is -1.61. The summed E-state index contributed by atoms with van der Waals surface area (Å²) in [5, 5.41) is 9.02. The second-order valence-electron chi connectivity index (χ2n) is 4.35. The lowest BCUT2D eigenvalue weighted by molar-refractivity contribution is -0.134. The molecule has 0 saturated heterocycles. The molecule has 1 aromatic carbocycles. The molecule has 0 heterocycles. The summed E-state index contributed by atoms with van der Waals surface area (Å²) in [6.45, 7) is 0.0407. The van der Waals surface area contributed by atoms with Crippen molar-refractivity contribution in [1.82, 2.24) is 4.31 Å². The first kappa shape index (κ1) is 17.4. The van der Waals surface area contributed by atoms with Gasteiger partial charge in [0.25, 0.3) is 0 Å². The van der Waals surface area contributed by atoms with E-state index in [2.05, 4.69) is 0 Å². The van der Waals surface area contributed by atoms with E-state index in [1.807, 2.05) is 0 Å². The first-order chi connectivity index (χ1) is 9.49. The van der Waals surface area contributed by atoms with Crippen LogP contribution in [0.2, 0.25) is 0 Å². The maximum absolute atomic E-state index is 12.3. The number of sulfonamides is 1. The van der Waals surface area contributed by atoms with Crippen molar-refractivity contribution < 1.29 is 31.5 Å². The van der Waals surface area contributed by atoms with E-state index in [4.69, 9.17) is 5.11 Å². The van der Waals surface area contributed by atoms with Gasteiger partial charge in [0, 0.05) is 7.05 Å². The fourth-order valence-electron chi connectivity index (χ4n) is 1.74. The molecule has 1 rings (SSSR count). The van der Waals surface area contributed by atoms with Gasteiger partial charge in [-0.25, -0.2) is 13.2 Å². The second-order valence-corrected chi connectivity index (χ2v) is 6.40. The fraction of sp³-hybridized carbons (Fsp3) is 0.417. The van der Waals surface area contributed by atoms with Crippen molar-refractivity contribution >= 4 is 16.0 Å². The smallest absolute Gasteiger partial charge is 0.402 e. The molecule has 1 N–H and O–H groups in total. The summed E-state index contributed by atoms with van der Waals surface area (Å²) in [5.41, 5.74) is 0.166. The van der Waals surface area contributed by atoms with Gasteiger partial charge in [-0.05, 0) is 24.1 Å². The highest BCUT2D eigenvalue weighted by Gasteiger charge is 2.35. The Bertz CT molecular complexity index is 640. The van der Waals surface area contributed by atoms with Crippen LogP contribution in [0.5, 0.6) is 0 Å². The monoisotopic (exact) mass is 325 g/mol. The van der Waals surface area contributed by atoms with Gasteiger partial charge in [-0.3, -0.25) is 0 Å². The number of halogens is 3. The average Bonchev–Trinajstić information content (AvgIpc) is 2.35. The number of carboxylic acid groups (broad SMARTS) is 1. The number of hydrogen-bond donors (Lipinski definition) is 1. The van der Waals surface area contributed by atoms with Crippen molar-refractivity contribution in [1.29, 1.82) is 0 Å². The van der Waals surface area contributed by atoms with Crippen molar-refractivity contribution in [2.45, 2.75) is 24.4 Å². The standard InChI is InChI=1S/C12H14F3NO4S/c1-3-8-4-5-9(6-10(8)11(17)18)21(19,20)16(2)7-12(13,14)15/h4-6H,3,7H2,1-2H3,(H,17,18). The van der Waals surface area contributed by atoms with Gasteiger partial charge in [0.1, 0.15) is 6.54 Å².